The Hall–Kier alpha value is -3.57. The number of pyridine rings is 1. The normalized spacial score (nSPS) is 15.7. The minimum absolute atomic E-state index is 0.0104. The van der Waals surface area contributed by atoms with Crippen LogP contribution in [0.2, 0.25) is 0 Å². The van der Waals surface area contributed by atoms with Crippen molar-refractivity contribution < 1.29 is 9.18 Å². The Kier molecular flexibility index (Phi) is 7.15. The van der Waals surface area contributed by atoms with Gasteiger partial charge in [-0.3, -0.25) is 9.78 Å². The molecule has 1 atom stereocenters. The average Bonchev–Trinajstić information content (AvgIpc) is 2.92. The molecular weight excluding hydrogens is 437 g/mol. The first-order chi connectivity index (χ1) is 17.2. The summed E-state index contributed by atoms with van der Waals surface area (Å²) < 4.78 is 13.1. The molecule has 35 heavy (non-hydrogen) atoms. The molecular formula is C30H30FN3O. The van der Waals surface area contributed by atoms with E-state index in [4.69, 9.17) is 4.98 Å². The molecule has 1 amide bonds. The van der Waals surface area contributed by atoms with E-state index in [1.165, 1.54) is 12.1 Å². The van der Waals surface area contributed by atoms with Crippen LogP contribution in [0.25, 0.3) is 10.9 Å². The molecule has 1 aliphatic rings. The Morgan fingerprint density at radius 3 is 2.40 bits per heavy atom. The number of halogens is 1. The van der Waals surface area contributed by atoms with Crippen molar-refractivity contribution in [2.45, 2.75) is 25.3 Å². The quantitative estimate of drug-likeness (QED) is 0.389. The Labute approximate surface area is 205 Å². The zero-order valence-corrected chi connectivity index (χ0v) is 19.7. The minimum atomic E-state index is -0.287. The maximum atomic E-state index is 13.3. The van der Waals surface area contributed by atoms with Crippen LogP contribution < -0.4 is 5.32 Å². The van der Waals surface area contributed by atoms with Crippen molar-refractivity contribution in [3.05, 3.63) is 114 Å². The summed E-state index contributed by atoms with van der Waals surface area (Å²) in [5, 5.41) is 4.39. The van der Waals surface area contributed by atoms with Crippen molar-refractivity contribution in [1.29, 1.82) is 0 Å². The molecule has 178 valence electrons. The Morgan fingerprint density at radius 1 is 0.914 bits per heavy atom. The summed E-state index contributed by atoms with van der Waals surface area (Å²) in [6.07, 6.45) is 2.56. The number of hydrogen-bond donors (Lipinski definition) is 1. The number of carbonyl (C=O) groups is 1. The summed E-state index contributed by atoms with van der Waals surface area (Å²) in [6, 6.07) is 28.6. The van der Waals surface area contributed by atoms with E-state index in [1.54, 1.807) is 0 Å². The second-order valence-corrected chi connectivity index (χ2v) is 9.27. The van der Waals surface area contributed by atoms with Crippen LogP contribution in [0.15, 0.2) is 91.0 Å². The summed E-state index contributed by atoms with van der Waals surface area (Å²) in [7, 11) is 0. The number of piperidine rings is 1. The number of rotatable bonds is 7. The number of fused-ring (bicyclic) bond motifs is 1. The fraction of sp³-hybridized carbons (Fsp3) is 0.267. The predicted molar refractivity (Wildman–Crippen MR) is 137 cm³/mol. The van der Waals surface area contributed by atoms with E-state index in [2.05, 4.69) is 16.3 Å². The van der Waals surface area contributed by atoms with Gasteiger partial charge >= 0.3 is 0 Å². The van der Waals surface area contributed by atoms with Gasteiger partial charge in [-0.15, -0.1) is 0 Å². The predicted octanol–water partition coefficient (Wildman–Crippen LogP) is 5.53. The third kappa shape index (κ3) is 5.75. The van der Waals surface area contributed by atoms with Crippen molar-refractivity contribution in [2.75, 3.05) is 19.6 Å². The first kappa shape index (κ1) is 23.2. The number of para-hydroxylation sites is 1. The molecule has 5 rings (SSSR count). The summed E-state index contributed by atoms with van der Waals surface area (Å²) in [6.45, 7) is 2.71. The molecule has 0 spiro atoms. The third-order valence-electron chi connectivity index (χ3n) is 6.92. The smallest absolute Gasteiger partial charge is 0.224 e. The minimum Gasteiger partial charge on any atom is -0.343 e. The van der Waals surface area contributed by atoms with Crippen molar-refractivity contribution in [3.8, 4) is 0 Å². The molecule has 1 aromatic heterocycles. The van der Waals surface area contributed by atoms with E-state index in [0.717, 1.165) is 66.6 Å². The average molecular weight is 468 g/mol. The van der Waals surface area contributed by atoms with E-state index < -0.39 is 0 Å². The molecule has 1 N–H and O–H groups in total. The SMILES string of the molecule is O=C(NC(c1ccccc1)c1ccc2ccccc2n1)C1CCN(CCc2ccc(F)cc2)CC1. The highest BCUT2D eigenvalue weighted by Crippen LogP contribution is 2.25. The molecule has 1 aliphatic heterocycles. The lowest BCUT2D eigenvalue weighted by Crippen LogP contribution is -2.42. The number of nitrogens with zero attached hydrogens (tertiary/aromatic N) is 2. The van der Waals surface area contributed by atoms with Gasteiger partial charge in [0, 0.05) is 17.8 Å². The van der Waals surface area contributed by atoms with Crippen LogP contribution in [-0.4, -0.2) is 35.4 Å². The molecule has 1 fully saturated rings. The van der Waals surface area contributed by atoms with Gasteiger partial charge in [0.1, 0.15) is 5.82 Å². The second-order valence-electron chi connectivity index (χ2n) is 9.27. The number of carbonyl (C=O) groups excluding carboxylic acids is 1. The molecule has 5 heteroatoms. The standard InChI is InChI=1S/C30H30FN3O/c31-26-13-10-22(11-14-26)16-19-34-20-17-25(18-21-34)30(35)33-29(24-7-2-1-3-8-24)28-15-12-23-6-4-5-9-27(23)32-28/h1-15,25,29H,16-21H2,(H,33,35). The lowest BCUT2D eigenvalue weighted by molar-refractivity contribution is -0.127. The fourth-order valence-electron chi connectivity index (χ4n) is 4.83. The van der Waals surface area contributed by atoms with Crippen LogP contribution in [0.4, 0.5) is 4.39 Å². The van der Waals surface area contributed by atoms with Crippen LogP contribution in [-0.2, 0) is 11.2 Å². The number of amides is 1. The monoisotopic (exact) mass is 467 g/mol. The second kappa shape index (κ2) is 10.8. The zero-order valence-electron chi connectivity index (χ0n) is 19.7. The van der Waals surface area contributed by atoms with Gasteiger partial charge in [-0.1, -0.05) is 66.7 Å². The topological polar surface area (TPSA) is 45.2 Å². The Bertz CT molecular complexity index is 1270. The number of aromatic nitrogens is 1. The van der Waals surface area contributed by atoms with Gasteiger partial charge in [0.05, 0.1) is 17.3 Å². The lowest BCUT2D eigenvalue weighted by atomic mass is 9.94. The molecule has 4 nitrogen and oxygen atoms in total. The van der Waals surface area contributed by atoms with Gasteiger partial charge in [-0.25, -0.2) is 4.39 Å². The number of hydrogen-bond acceptors (Lipinski definition) is 3. The zero-order chi connectivity index (χ0) is 24.0. The maximum Gasteiger partial charge on any atom is 0.224 e. The summed E-state index contributed by atoms with van der Waals surface area (Å²) >= 11 is 0. The van der Waals surface area contributed by atoms with Crippen molar-refractivity contribution in [2.24, 2.45) is 5.92 Å². The Balaban J connectivity index is 1.23. The Morgan fingerprint density at radius 2 is 1.63 bits per heavy atom. The molecule has 4 aromatic rings. The van der Waals surface area contributed by atoms with E-state index in [-0.39, 0.29) is 23.7 Å². The van der Waals surface area contributed by atoms with Gasteiger partial charge < -0.3 is 10.2 Å². The maximum absolute atomic E-state index is 13.3. The third-order valence-corrected chi connectivity index (χ3v) is 6.92. The van der Waals surface area contributed by atoms with E-state index >= 15 is 0 Å². The number of likely N-dealkylation sites (tertiary alicyclic amines) is 1. The highest BCUT2D eigenvalue weighted by molar-refractivity contribution is 5.81. The molecule has 3 aromatic carbocycles. The van der Waals surface area contributed by atoms with Gasteiger partial charge in [0.15, 0.2) is 0 Å². The van der Waals surface area contributed by atoms with Gasteiger partial charge in [0.2, 0.25) is 5.91 Å². The van der Waals surface area contributed by atoms with Gasteiger partial charge in [-0.2, -0.15) is 0 Å². The van der Waals surface area contributed by atoms with Gasteiger partial charge in [-0.05, 0) is 67.7 Å². The molecule has 1 unspecified atom stereocenters. The van der Waals surface area contributed by atoms with Crippen molar-refractivity contribution >= 4 is 16.8 Å². The first-order valence-corrected chi connectivity index (χ1v) is 12.3. The highest BCUT2D eigenvalue weighted by Gasteiger charge is 2.28. The number of nitrogens with one attached hydrogen (secondary N) is 1. The molecule has 0 aliphatic carbocycles. The summed E-state index contributed by atoms with van der Waals surface area (Å²) in [4.78, 5) is 20.6. The largest absolute Gasteiger partial charge is 0.343 e. The highest BCUT2D eigenvalue weighted by atomic mass is 19.1. The van der Waals surface area contributed by atoms with Crippen LogP contribution in [0.3, 0.4) is 0 Å². The lowest BCUT2D eigenvalue weighted by Gasteiger charge is -2.32. The van der Waals surface area contributed by atoms with Gasteiger partial charge in [0.25, 0.3) is 0 Å². The van der Waals surface area contributed by atoms with Crippen LogP contribution in [0, 0.1) is 11.7 Å². The molecule has 0 radical (unpaired) electrons. The summed E-state index contributed by atoms with van der Waals surface area (Å²) in [5.74, 6) is -0.121. The van der Waals surface area contributed by atoms with E-state index in [9.17, 15) is 9.18 Å². The fourth-order valence-corrected chi connectivity index (χ4v) is 4.83. The number of benzene rings is 3. The molecule has 0 saturated carbocycles. The first-order valence-electron chi connectivity index (χ1n) is 12.3. The van der Waals surface area contributed by atoms with Crippen LogP contribution in [0.5, 0.6) is 0 Å². The molecule has 1 saturated heterocycles. The molecule has 2 heterocycles. The molecule has 0 bridgehead atoms. The van der Waals surface area contributed by atoms with Crippen LogP contribution in [0.1, 0.15) is 35.7 Å². The van der Waals surface area contributed by atoms with Crippen molar-refractivity contribution in [1.82, 2.24) is 15.2 Å². The summed E-state index contributed by atoms with van der Waals surface area (Å²) in [5.41, 5.74) is 3.94. The van der Waals surface area contributed by atoms with Crippen LogP contribution >= 0.6 is 0 Å². The van der Waals surface area contributed by atoms with E-state index in [1.807, 2.05) is 72.8 Å². The van der Waals surface area contributed by atoms with Crippen molar-refractivity contribution in [3.63, 3.8) is 0 Å². The van der Waals surface area contributed by atoms with E-state index in [0.29, 0.717) is 0 Å².